The number of nitrogens with zero attached hydrogens (tertiary/aromatic N) is 3. The number of ether oxygens (including phenoxy) is 1. The van der Waals surface area contributed by atoms with Crippen LogP contribution < -0.4 is 15.0 Å². The number of aromatic nitrogens is 2. The van der Waals surface area contributed by atoms with Gasteiger partial charge in [-0.3, -0.25) is 0 Å². The highest BCUT2D eigenvalue weighted by Gasteiger charge is 2.25. The molecule has 5 nitrogen and oxygen atoms in total. The third kappa shape index (κ3) is 3.76. The van der Waals surface area contributed by atoms with E-state index in [0.717, 1.165) is 29.4 Å². The molecule has 1 aliphatic heterocycles. The molecule has 2 aromatic rings. The Bertz CT molecular complexity index is 712. The summed E-state index contributed by atoms with van der Waals surface area (Å²) in [5.74, 6) is 1.50. The van der Waals surface area contributed by atoms with Crippen LogP contribution >= 0.6 is 0 Å². The summed E-state index contributed by atoms with van der Waals surface area (Å²) in [5.41, 5.74) is 3.03. The third-order valence-electron chi connectivity index (χ3n) is 4.61. The van der Waals surface area contributed by atoms with Crippen molar-refractivity contribution in [1.29, 1.82) is 0 Å². The van der Waals surface area contributed by atoms with E-state index in [1.807, 2.05) is 32.0 Å². The number of hydrogen-bond donors (Lipinski definition) is 1. The van der Waals surface area contributed by atoms with Gasteiger partial charge in [-0.05, 0) is 26.0 Å². The van der Waals surface area contributed by atoms with Gasteiger partial charge in [0.2, 0.25) is 6.43 Å². The summed E-state index contributed by atoms with van der Waals surface area (Å²) < 4.78 is 33.0. The zero-order chi connectivity index (χ0) is 18.0. The lowest BCUT2D eigenvalue weighted by Crippen LogP contribution is -2.51. The summed E-state index contributed by atoms with van der Waals surface area (Å²) >= 11 is 0. The molecule has 7 heteroatoms. The summed E-state index contributed by atoms with van der Waals surface area (Å²) in [6.07, 6.45) is -0.677. The first-order valence-corrected chi connectivity index (χ1v) is 8.45. The van der Waals surface area contributed by atoms with Gasteiger partial charge in [0.1, 0.15) is 11.6 Å². The Morgan fingerprint density at radius 2 is 2.04 bits per heavy atom. The third-order valence-corrected chi connectivity index (χ3v) is 4.61. The van der Waals surface area contributed by atoms with Crippen molar-refractivity contribution in [3.63, 3.8) is 0 Å². The summed E-state index contributed by atoms with van der Waals surface area (Å²) in [4.78, 5) is 6.65. The number of piperazine rings is 1. The fraction of sp³-hybridized carbons (Fsp3) is 0.500. The summed E-state index contributed by atoms with van der Waals surface area (Å²) in [6.45, 7) is 5.97. The number of pyridine rings is 1. The second-order valence-electron chi connectivity index (χ2n) is 6.39. The number of alkyl halides is 2. The smallest absolute Gasteiger partial charge is 0.240 e. The molecule has 2 aromatic heterocycles. The first kappa shape index (κ1) is 17.7. The molecule has 0 amide bonds. The van der Waals surface area contributed by atoms with Gasteiger partial charge in [0.05, 0.1) is 19.0 Å². The van der Waals surface area contributed by atoms with Gasteiger partial charge in [-0.25, -0.2) is 13.8 Å². The number of rotatable bonds is 5. The predicted molar refractivity (Wildman–Crippen MR) is 94.2 cm³/mol. The van der Waals surface area contributed by atoms with Crippen molar-refractivity contribution < 1.29 is 13.5 Å². The van der Waals surface area contributed by atoms with E-state index in [-0.39, 0.29) is 12.5 Å². The van der Waals surface area contributed by atoms with Crippen LogP contribution in [0.1, 0.15) is 17.8 Å². The van der Waals surface area contributed by atoms with Gasteiger partial charge in [0, 0.05) is 49.6 Å². The Morgan fingerprint density at radius 1 is 1.32 bits per heavy atom. The average Bonchev–Trinajstić information content (AvgIpc) is 2.92. The first-order chi connectivity index (χ1) is 12.0. The van der Waals surface area contributed by atoms with Crippen LogP contribution in [0.2, 0.25) is 0 Å². The van der Waals surface area contributed by atoms with E-state index in [2.05, 4.69) is 19.8 Å². The highest BCUT2D eigenvalue weighted by molar-refractivity contribution is 5.60. The molecule has 1 unspecified atom stereocenters. The SMILES string of the molecule is COc1cc(-n2c(C)ccc2C)ncc1N1CCNC(CC(F)F)C1. The molecule has 1 aliphatic rings. The van der Waals surface area contributed by atoms with Gasteiger partial charge in [-0.15, -0.1) is 0 Å². The first-order valence-electron chi connectivity index (χ1n) is 8.45. The van der Waals surface area contributed by atoms with Gasteiger partial charge in [-0.1, -0.05) is 0 Å². The Morgan fingerprint density at radius 3 is 2.68 bits per heavy atom. The Labute approximate surface area is 146 Å². The lowest BCUT2D eigenvalue weighted by atomic mass is 10.1. The van der Waals surface area contributed by atoms with Gasteiger partial charge in [0.15, 0.2) is 0 Å². The second kappa shape index (κ2) is 7.39. The maximum atomic E-state index is 12.7. The molecule has 0 radical (unpaired) electrons. The van der Waals surface area contributed by atoms with Crippen LogP contribution in [-0.2, 0) is 0 Å². The van der Waals surface area contributed by atoms with Gasteiger partial charge in [-0.2, -0.15) is 0 Å². The summed E-state index contributed by atoms with van der Waals surface area (Å²) in [5, 5.41) is 3.15. The highest BCUT2D eigenvalue weighted by Crippen LogP contribution is 2.31. The van der Waals surface area contributed by atoms with Crippen molar-refractivity contribution in [2.45, 2.75) is 32.7 Å². The van der Waals surface area contributed by atoms with Crippen molar-refractivity contribution in [3.05, 3.63) is 35.8 Å². The maximum absolute atomic E-state index is 12.7. The molecule has 3 rings (SSSR count). The molecule has 3 heterocycles. The average molecular weight is 350 g/mol. The van der Waals surface area contributed by atoms with Gasteiger partial charge >= 0.3 is 0 Å². The number of anilines is 1. The topological polar surface area (TPSA) is 42.3 Å². The van der Waals surface area contributed by atoms with E-state index in [1.165, 1.54) is 0 Å². The molecule has 0 spiro atoms. The van der Waals surface area contributed by atoms with E-state index >= 15 is 0 Å². The van der Waals surface area contributed by atoms with E-state index in [1.54, 1.807) is 13.3 Å². The molecule has 1 atom stereocenters. The Balaban J connectivity index is 1.87. The van der Waals surface area contributed by atoms with E-state index in [4.69, 9.17) is 4.74 Å². The zero-order valence-corrected chi connectivity index (χ0v) is 14.8. The van der Waals surface area contributed by atoms with Crippen molar-refractivity contribution >= 4 is 5.69 Å². The van der Waals surface area contributed by atoms with E-state index < -0.39 is 6.43 Å². The number of hydrogen-bond acceptors (Lipinski definition) is 4. The van der Waals surface area contributed by atoms with Crippen molar-refractivity contribution in [3.8, 4) is 11.6 Å². The van der Waals surface area contributed by atoms with Crippen LogP contribution in [0.15, 0.2) is 24.4 Å². The van der Waals surface area contributed by atoms with Crippen LogP contribution in [0.4, 0.5) is 14.5 Å². The highest BCUT2D eigenvalue weighted by atomic mass is 19.3. The van der Waals surface area contributed by atoms with Crippen molar-refractivity contribution in [2.75, 3.05) is 31.6 Å². The second-order valence-corrected chi connectivity index (χ2v) is 6.39. The van der Waals surface area contributed by atoms with Crippen LogP contribution in [0.25, 0.3) is 5.82 Å². The molecule has 136 valence electrons. The molecule has 0 saturated carbocycles. The number of nitrogens with one attached hydrogen (secondary N) is 1. The summed E-state index contributed by atoms with van der Waals surface area (Å²) in [6, 6.07) is 5.76. The molecule has 1 fully saturated rings. The van der Waals surface area contributed by atoms with E-state index in [9.17, 15) is 8.78 Å². The van der Waals surface area contributed by atoms with E-state index in [0.29, 0.717) is 18.8 Å². The monoisotopic (exact) mass is 350 g/mol. The normalized spacial score (nSPS) is 18.0. The fourth-order valence-corrected chi connectivity index (χ4v) is 3.39. The van der Waals surface area contributed by atoms with Crippen molar-refractivity contribution in [2.24, 2.45) is 0 Å². The minimum atomic E-state index is -2.31. The molecular weight excluding hydrogens is 326 g/mol. The molecule has 25 heavy (non-hydrogen) atoms. The maximum Gasteiger partial charge on any atom is 0.240 e. The Kier molecular flexibility index (Phi) is 5.22. The van der Waals surface area contributed by atoms with Gasteiger partial charge < -0.3 is 19.5 Å². The quantitative estimate of drug-likeness (QED) is 0.900. The molecule has 0 aromatic carbocycles. The standard InChI is InChI=1S/C18H24F2N4O/c1-12-4-5-13(2)24(12)18-9-16(25-3)15(10-22-18)23-7-6-21-14(11-23)8-17(19)20/h4-5,9-10,14,17,21H,6-8,11H2,1-3H3. The molecule has 0 bridgehead atoms. The molecule has 0 aliphatic carbocycles. The van der Waals surface area contributed by atoms with Crippen LogP contribution in [-0.4, -0.2) is 48.8 Å². The minimum Gasteiger partial charge on any atom is -0.494 e. The predicted octanol–water partition coefficient (Wildman–Crippen LogP) is 2.93. The number of methoxy groups -OCH3 is 1. The molecule has 1 saturated heterocycles. The lowest BCUT2D eigenvalue weighted by Gasteiger charge is -2.35. The van der Waals surface area contributed by atoms with Crippen LogP contribution in [0.3, 0.4) is 0 Å². The van der Waals surface area contributed by atoms with Crippen LogP contribution in [0, 0.1) is 13.8 Å². The zero-order valence-electron chi connectivity index (χ0n) is 14.8. The molecular formula is C18H24F2N4O. The van der Waals surface area contributed by atoms with Crippen LogP contribution in [0.5, 0.6) is 5.75 Å². The lowest BCUT2D eigenvalue weighted by molar-refractivity contribution is 0.121. The minimum absolute atomic E-state index is 0.147. The molecule has 1 N–H and O–H groups in total. The summed E-state index contributed by atoms with van der Waals surface area (Å²) in [7, 11) is 1.62. The number of halogens is 2. The Hall–Kier alpha value is -2.15. The van der Waals surface area contributed by atoms with Crippen molar-refractivity contribution in [1.82, 2.24) is 14.9 Å². The number of aryl methyl sites for hydroxylation is 2. The largest absolute Gasteiger partial charge is 0.494 e. The van der Waals surface area contributed by atoms with Gasteiger partial charge in [0.25, 0.3) is 0 Å². The fourth-order valence-electron chi connectivity index (χ4n) is 3.39.